The van der Waals surface area contributed by atoms with E-state index in [-0.39, 0.29) is 18.0 Å². The highest BCUT2D eigenvalue weighted by molar-refractivity contribution is 5.96. The van der Waals surface area contributed by atoms with Gasteiger partial charge in [-0.1, -0.05) is 74.0 Å². The van der Waals surface area contributed by atoms with E-state index in [1.807, 2.05) is 43.3 Å². The fourth-order valence-electron chi connectivity index (χ4n) is 4.02. The van der Waals surface area contributed by atoms with Crippen molar-refractivity contribution in [3.8, 4) is 0 Å². The Morgan fingerprint density at radius 2 is 1.71 bits per heavy atom. The second kappa shape index (κ2) is 8.59. The molecule has 1 unspecified atom stereocenters. The van der Waals surface area contributed by atoms with Gasteiger partial charge in [0.05, 0.1) is 11.6 Å². The Hall–Kier alpha value is -2.62. The number of hydrogen-bond donors (Lipinski definition) is 1. The van der Waals surface area contributed by atoms with Gasteiger partial charge in [-0.05, 0) is 44.7 Å². The molecule has 4 heteroatoms. The number of unbranched alkanes of at least 4 members (excludes halogenated alkanes) is 1. The van der Waals surface area contributed by atoms with Gasteiger partial charge in [-0.3, -0.25) is 0 Å². The van der Waals surface area contributed by atoms with Gasteiger partial charge in [0.15, 0.2) is 0 Å². The minimum Gasteiger partial charge on any atom is -0.330 e. The number of urea groups is 1. The Labute approximate surface area is 168 Å². The summed E-state index contributed by atoms with van der Waals surface area (Å²) in [4.78, 5) is 13.1. The van der Waals surface area contributed by atoms with Crippen LogP contribution in [-0.2, 0) is 0 Å². The number of amides is 2. The molecule has 2 aromatic carbocycles. The van der Waals surface area contributed by atoms with E-state index in [0.717, 1.165) is 30.5 Å². The van der Waals surface area contributed by atoms with E-state index < -0.39 is 5.54 Å². The van der Waals surface area contributed by atoms with Gasteiger partial charge in [-0.25, -0.2) is 9.80 Å². The number of hydrogen-bond acceptors (Lipinski definition) is 2. The topological polar surface area (TPSA) is 44.7 Å². The Morgan fingerprint density at radius 1 is 1.11 bits per heavy atom. The lowest BCUT2D eigenvalue weighted by molar-refractivity contribution is 0.144. The fourth-order valence-corrected chi connectivity index (χ4v) is 4.02. The van der Waals surface area contributed by atoms with Crippen LogP contribution >= 0.6 is 0 Å². The molecule has 1 N–H and O–H groups in total. The first-order valence-electron chi connectivity index (χ1n) is 10.2. The van der Waals surface area contributed by atoms with Gasteiger partial charge in [-0.2, -0.15) is 5.10 Å². The Balaban J connectivity index is 1.85. The molecule has 1 aliphatic rings. The van der Waals surface area contributed by atoms with E-state index in [1.54, 1.807) is 5.01 Å². The largest absolute Gasteiger partial charge is 0.338 e. The molecule has 2 atom stereocenters. The summed E-state index contributed by atoms with van der Waals surface area (Å²) in [5.41, 5.74) is 2.97. The summed E-state index contributed by atoms with van der Waals surface area (Å²) in [5.74, 6) is 0.109. The van der Waals surface area contributed by atoms with Gasteiger partial charge in [0, 0.05) is 11.6 Å². The molecule has 2 aromatic rings. The van der Waals surface area contributed by atoms with Crippen LogP contribution in [0.4, 0.5) is 4.79 Å². The Morgan fingerprint density at radius 3 is 2.32 bits per heavy atom. The smallest absolute Gasteiger partial charge is 0.330 e. The van der Waals surface area contributed by atoms with Crippen LogP contribution in [0.25, 0.3) is 0 Å². The van der Waals surface area contributed by atoms with Crippen LogP contribution in [0.3, 0.4) is 0 Å². The molecular weight excluding hydrogens is 346 g/mol. The SMILES string of the molecule is CCCCC1=NN(C(=O)N[C@@H](C)c2ccccc2)C(C)(C)C1c1ccccc1. The third kappa shape index (κ3) is 4.11. The van der Waals surface area contributed by atoms with Crippen molar-refractivity contribution in [3.05, 3.63) is 71.8 Å². The predicted molar refractivity (Wildman–Crippen MR) is 115 cm³/mol. The van der Waals surface area contributed by atoms with E-state index in [2.05, 4.69) is 50.4 Å². The molecule has 28 heavy (non-hydrogen) atoms. The standard InChI is InChI=1S/C24H31N3O/c1-5-6-17-21-22(20-15-11-8-12-16-20)24(3,4)27(26-21)23(28)25-18(2)19-13-9-7-10-14-19/h7-16,18,22H,5-6,17H2,1-4H3,(H,25,28)/t18-,22?/m0/s1. The van der Waals surface area contributed by atoms with Crippen LogP contribution < -0.4 is 5.32 Å². The molecule has 0 fully saturated rings. The molecule has 0 spiro atoms. The number of benzene rings is 2. The lowest BCUT2D eigenvalue weighted by Crippen LogP contribution is -2.49. The monoisotopic (exact) mass is 377 g/mol. The summed E-state index contributed by atoms with van der Waals surface area (Å²) in [7, 11) is 0. The first-order chi connectivity index (χ1) is 13.4. The van der Waals surface area contributed by atoms with E-state index in [1.165, 1.54) is 5.56 Å². The van der Waals surface area contributed by atoms with Crippen LogP contribution in [0.2, 0.25) is 0 Å². The molecule has 148 valence electrons. The number of rotatable bonds is 6. The maximum absolute atomic E-state index is 13.1. The van der Waals surface area contributed by atoms with Gasteiger partial charge < -0.3 is 5.32 Å². The first kappa shape index (κ1) is 20.1. The van der Waals surface area contributed by atoms with Gasteiger partial charge in [0.1, 0.15) is 0 Å². The quantitative estimate of drug-likeness (QED) is 0.671. The zero-order chi connectivity index (χ0) is 20.1. The number of carbonyl (C=O) groups is 1. The summed E-state index contributed by atoms with van der Waals surface area (Å²) in [6, 6.07) is 20.2. The molecule has 0 radical (unpaired) electrons. The van der Waals surface area contributed by atoms with Gasteiger partial charge >= 0.3 is 6.03 Å². The maximum atomic E-state index is 13.1. The first-order valence-corrected chi connectivity index (χ1v) is 10.2. The molecule has 0 aromatic heterocycles. The second-order valence-corrected chi connectivity index (χ2v) is 8.09. The van der Waals surface area contributed by atoms with E-state index in [4.69, 9.17) is 5.10 Å². The Bertz CT molecular complexity index is 814. The fraction of sp³-hybridized carbons (Fsp3) is 0.417. The van der Waals surface area contributed by atoms with Gasteiger partial charge in [0.25, 0.3) is 0 Å². The minimum atomic E-state index is -0.426. The van der Waals surface area contributed by atoms with Gasteiger partial charge in [0.2, 0.25) is 0 Å². The van der Waals surface area contributed by atoms with Crippen molar-refractivity contribution in [3.63, 3.8) is 0 Å². The van der Waals surface area contributed by atoms with Crippen LogP contribution in [0.15, 0.2) is 65.8 Å². The molecule has 0 aliphatic carbocycles. The molecule has 3 rings (SSSR count). The van der Waals surface area contributed by atoms with Crippen molar-refractivity contribution in [1.29, 1.82) is 0 Å². The molecule has 2 amide bonds. The zero-order valence-corrected chi connectivity index (χ0v) is 17.4. The summed E-state index contributed by atoms with van der Waals surface area (Å²) in [6.07, 6.45) is 3.10. The van der Waals surface area contributed by atoms with Crippen LogP contribution in [0, 0.1) is 0 Å². The number of hydrazone groups is 1. The number of nitrogens with zero attached hydrogens (tertiary/aromatic N) is 2. The lowest BCUT2D eigenvalue weighted by Gasteiger charge is -2.35. The van der Waals surface area contributed by atoms with E-state index >= 15 is 0 Å². The molecule has 4 nitrogen and oxygen atoms in total. The van der Waals surface area contributed by atoms with Crippen molar-refractivity contribution in [2.24, 2.45) is 5.10 Å². The predicted octanol–water partition coefficient (Wildman–Crippen LogP) is 5.88. The highest BCUT2D eigenvalue weighted by atomic mass is 16.2. The Kier molecular flexibility index (Phi) is 6.18. The summed E-state index contributed by atoms with van der Waals surface area (Å²) in [6.45, 7) is 8.41. The summed E-state index contributed by atoms with van der Waals surface area (Å²) < 4.78 is 0. The van der Waals surface area contributed by atoms with Crippen molar-refractivity contribution >= 4 is 11.7 Å². The third-order valence-electron chi connectivity index (χ3n) is 5.57. The molecular formula is C24H31N3O. The van der Waals surface area contributed by atoms with E-state index in [9.17, 15) is 4.79 Å². The van der Waals surface area contributed by atoms with Crippen LogP contribution in [0.1, 0.15) is 70.0 Å². The van der Waals surface area contributed by atoms with E-state index in [0.29, 0.717) is 0 Å². The summed E-state index contributed by atoms with van der Waals surface area (Å²) >= 11 is 0. The average molecular weight is 378 g/mol. The highest BCUT2D eigenvalue weighted by Gasteiger charge is 2.47. The number of nitrogens with one attached hydrogen (secondary N) is 1. The molecule has 1 aliphatic heterocycles. The molecule has 0 bridgehead atoms. The third-order valence-corrected chi connectivity index (χ3v) is 5.57. The van der Waals surface area contributed by atoms with Crippen LogP contribution in [-0.4, -0.2) is 22.3 Å². The van der Waals surface area contributed by atoms with Crippen molar-refractivity contribution in [1.82, 2.24) is 10.3 Å². The minimum absolute atomic E-state index is 0.0745. The lowest BCUT2D eigenvalue weighted by atomic mass is 9.78. The zero-order valence-electron chi connectivity index (χ0n) is 17.4. The molecule has 0 saturated heterocycles. The second-order valence-electron chi connectivity index (χ2n) is 8.09. The normalized spacial score (nSPS) is 19.2. The number of carbonyl (C=O) groups excluding carboxylic acids is 1. The van der Waals surface area contributed by atoms with Gasteiger partial charge in [-0.15, -0.1) is 0 Å². The van der Waals surface area contributed by atoms with Crippen molar-refractivity contribution in [2.75, 3.05) is 0 Å². The van der Waals surface area contributed by atoms with Crippen molar-refractivity contribution < 1.29 is 4.79 Å². The highest BCUT2D eigenvalue weighted by Crippen LogP contribution is 2.41. The summed E-state index contributed by atoms with van der Waals surface area (Å²) in [5, 5.41) is 9.60. The average Bonchev–Trinajstić information content (AvgIpc) is 2.97. The molecule has 0 saturated carbocycles. The van der Waals surface area contributed by atoms with Crippen LogP contribution in [0.5, 0.6) is 0 Å². The van der Waals surface area contributed by atoms with Crippen molar-refractivity contribution in [2.45, 2.75) is 64.5 Å². The maximum Gasteiger partial charge on any atom is 0.338 e. The molecule has 1 heterocycles.